The van der Waals surface area contributed by atoms with Crippen LogP contribution in [0.3, 0.4) is 0 Å². The fourth-order valence-electron chi connectivity index (χ4n) is 2.56. The molecule has 0 amide bonds. The molecule has 2 heterocycles. The highest BCUT2D eigenvalue weighted by atomic mass is 32.2. The second-order valence-corrected chi connectivity index (χ2v) is 7.52. The van der Waals surface area contributed by atoms with E-state index in [1.54, 1.807) is 0 Å². The molecule has 3 rings (SSSR count). The van der Waals surface area contributed by atoms with Crippen LogP contribution in [-0.2, 0) is 23.1 Å². The maximum atomic E-state index is 13.0. The van der Waals surface area contributed by atoms with Gasteiger partial charge < -0.3 is 0 Å². The SMILES string of the molecule is Cn1c(=O)c(=O)c(-c2ccc(C(F)(F)F)cc2S(C)(=O)=O)c2nc[nH]n21. The van der Waals surface area contributed by atoms with Gasteiger partial charge in [-0.25, -0.2) is 18.1 Å². The van der Waals surface area contributed by atoms with Crippen molar-refractivity contribution >= 4 is 15.5 Å². The van der Waals surface area contributed by atoms with E-state index in [9.17, 15) is 31.2 Å². The number of hydrogen-bond acceptors (Lipinski definition) is 5. The molecule has 1 N–H and O–H groups in total. The molecule has 0 saturated carbocycles. The molecule has 0 spiro atoms. The van der Waals surface area contributed by atoms with Crippen LogP contribution in [0.4, 0.5) is 13.2 Å². The summed E-state index contributed by atoms with van der Waals surface area (Å²) in [5.41, 5.74) is -4.09. The maximum absolute atomic E-state index is 13.0. The van der Waals surface area contributed by atoms with E-state index < -0.39 is 43.0 Å². The molecule has 12 heteroatoms. The summed E-state index contributed by atoms with van der Waals surface area (Å²) in [5, 5.41) is 2.56. The van der Waals surface area contributed by atoms with E-state index in [0.717, 1.165) is 21.7 Å². The lowest BCUT2D eigenvalue weighted by molar-refractivity contribution is -0.137. The number of nitrogens with one attached hydrogen (secondary N) is 1. The van der Waals surface area contributed by atoms with Gasteiger partial charge in [-0.15, -0.1) is 0 Å². The number of aromatic amines is 1. The minimum Gasteiger partial charge on any atom is -0.283 e. The number of fused-ring (bicyclic) bond motifs is 1. The summed E-state index contributed by atoms with van der Waals surface area (Å²) in [7, 11) is -2.87. The molecule has 0 atom stereocenters. The van der Waals surface area contributed by atoms with Gasteiger partial charge in [-0.1, -0.05) is 6.07 Å². The Hall–Kier alpha value is -2.89. The average molecular weight is 388 g/mol. The van der Waals surface area contributed by atoms with Gasteiger partial charge >= 0.3 is 11.7 Å². The van der Waals surface area contributed by atoms with Crippen LogP contribution in [0.5, 0.6) is 0 Å². The minimum absolute atomic E-state index is 0.0956. The Morgan fingerprint density at radius 3 is 2.42 bits per heavy atom. The standard InChI is InChI=1S/C14H11F3N4O4S/c1-20-13(23)11(22)10(12-18-6-19-21(12)20)8-4-3-7(14(15,16)17)5-9(8)26(2,24)25/h3-6H,1-2H3,(H,18,19). The van der Waals surface area contributed by atoms with Crippen LogP contribution in [0.25, 0.3) is 16.8 Å². The number of aryl methyl sites for hydroxylation is 1. The molecule has 0 aliphatic carbocycles. The minimum atomic E-state index is -4.78. The van der Waals surface area contributed by atoms with E-state index in [0.29, 0.717) is 18.4 Å². The van der Waals surface area contributed by atoms with Crippen molar-refractivity contribution in [2.75, 3.05) is 6.26 Å². The number of nitrogens with zero attached hydrogens (tertiary/aromatic N) is 3. The summed E-state index contributed by atoms with van der Waals surface area (Å²) in [4.78, 5) is 27.7. The zero-order valence-corrected chi connectivity index (χ0v) is 14.1. The van der Waals surface area contributed by atoms with E-state index in [2.05, 4.69) is 10.1 Å². The van der Waals surface area contributed by atoms with Crippen LogP contribution in [0, 0.1) is 0 Å². The van der Waals surface area contributed by atoms with Gasteiger partial charge in [-0.3, -0.25) is 14.7 Å². The number of halogens is 3. The number of rotatable bonds is 2. The van der Waals surface area contributed by atoms with Gasteiger partial charge in [0, 0.05) is 18.9 Å². The first-order chi connectivity index (χ1) is 11.9. The summed E-state index contributed by atoms with van der Waals surface area (Å²) in [6.45, 7) is 0. The first-order valence-electron chi connectivity index (χ1n) is 7.00. The molecular weight excluding hydrogens is 377 g/mol. The van der Waals surface area contributed by atoms with Crippen molar-refractivity contribution in [1.29, 1.82) is 0 Å². The quantitative estimate of drug-likeness (QED) is 0.654. The number of benzene rings is 1. The highest BCUT2D eigenvalue weighted by Gasteiger charge is 2.33. The Morgan fingerprint density at radius 1 is 1.19 bits per heavy atom. The molecule has 0 unspecified atom stereocenters. The number of H-pyrrole nitrogens is 1. The van der Waals surface area contributed by atoms with Crippen LogP contribution in [-0.4, -0.2) is 34.1 Å². The number of aromatic nitrogens is 4. The normalized spacial score (nSPS) is 12.7. The number of alkyl halides is 3. The lowest BCUT2D eigenvalue weighted by atomic mass is 10.0. The van der Waals surface area contributed by atoms with Crippen molar-refractivity contribution in [1.82, 2.24) is 19.4 Å². The number of hydrogen-bond donors (Lipinski definition) is 1. The fourth-order valence-corrected chi connectivity index (χ4v) is 3.47. The monoisotopic (exact) mass is 388 g/mol. The van der Waals surface area contributed by atoms with E-state index in [-0.39, 0.29) is 11.2 Å². The van der Waals surface area contributed by atoms with Gasteiger partial charge in [0.2, 0.25) is 0 Å². The zero-order chi connectivity index (χ0) is 19.4. The molecule has 0 bridgehead atoms. The second-order valence-electron chi connectivity index (χ2n) is 5.54. The van der Waals surface area contributed by atoms with Crippen LogP contribution >= 0.6 is 0 Å². The average Bonchev–Trinajstić information content (AvgIpc) is 3.00. The highest BCUT2D eigenvalue weighted by Crippen LogP contribution is 2.35. The Balaban J connectivity index is 2.50. The molecule has 0 radical (unpaired) electrons. The van der Waals surface area contributed by atoms with Gasteiger partial charge in [0.1, 0.15) is 6.33 Å². The molecule has 138 valence electrons. The topological polar surface area (TPSA) is 106 Å². The van der Waals surface area contributed by atoms with Crippen molar-refractivity contribution in [3.8, 4) is 11.1 Å². The number of sulfone groups is 1. The van der Waals surface area contributed by atoms with Gasteiger partial charge in [-0.2, -0.15) is 17.8 Å². The van der Waals surface area contributed by atoms with Crippen LogP contribution < -0.4 is 11.0 Å². The highest BCUT2D eigenvalue weighted by molar-refractivity contribution is 7.90. The first kappa shape index (κ1) is 17.9. The second kappa shape index (κ2) is 5.56. The molecule has 8 nitrogen and oxygen atoms in total. The van der Waals surface area contributed by atoms with Gasteiger partial charge in [-0.05, 0) is 12.1 Å². The van der Waals surface area contributed by atoms with E-state index in [1.807, 2.05) is 0 Å². The predicted octanol–water partition coefficient (Wildman–Crippen LogP) is 0.811. The van der Waals surface area contributed by atoms with Crippen molar-refractivity contribution < 1.29 is 21.6 Å². The lowest BCUT2D eigenvalue weighted by Gasteiger charge is -2.13. The maximum Gasteiger partial charge on any atom is 0.416 e. The van der Waals surface area contributed by atoms with Crippen LogP contribution in [0.2, 0.25) is 0 Å². The van der Waals surface area contributed by atoms with E-state index in [1.165, 1.54) is 7.05 Å². The Bertz CT molecular complexity index is 1250. The molecule has 0 fully saturated rings. The van der Waals surface area contributed by atoms with Gasteiger partial charge in [0.15, 0.2) is 15.5 Å². The zero-order valence-electron chi connectivity index (χ0n) is 13.3. The molecule has 1 aromatic carbocycles. The molecule has 0 aliphatic rings. The third-order valence-corrected chi connectivity index (χ3v) is 4.92. The Labute approximate surface area is 143 Å². The van der Waals surface area contributed by atoms with Crippen molar-refractivity contribution in [2.24, 2.45) is 7.05 Å². The lowest BCUT2D eigenvalue weighted by Crippen LogP contribution is -2.38. The van der Waals surface area contributed by atoms with Crippen LogP contribution in [0.1, 0.15) is 5.56 Å². The molecular formula is C14H11F3N4O4S. The van der Waals surface area contributed by atoms with Crippen molar-refractivity contribution in [3.63, 3.8) is 0 Å². The smallest absolute Gasteiger partial charge is 0.283 e. The van der Waals surface area contributed by atoms with Crippen molar-refractivity contribution in [2.45, 2.75) is 11.1 Å². The molecule has 26 heavy (non-hydrogen) atoms. The van der Waals surface area contributed by atoms with Gasteiger partial charge in [0.05, 0.1) is 16.0 Å². The third kappa shape index (κ3) is 2.71. The summed E-state index contributed by atoms with van der Waals surface area (Å²) < 4.78 is 65.0. The molecule has 0 aliphatic heterocycles. The third-order valence-electron chi connectivity index (χ3n) is 3.78. The Morgan fingerprint density at radius 2 is 1.85 bits per heavy atom. The Kier molecular flexibility index (Phi) is 3.83. The summed E-state index contributed by atoms with van der Waals surface area (Å²) in [6, 6.07) is 1.93. The first-order valence-corrected chi connectivity index (χ1v) is 8.89. The molecule has 0 saturated heterocycles. The summed E-state index contributed by atoms with van der Waals surface area (Å²) in [5.74, 6) is 0. The van der Waals surface area contributed by atoms with E-state index >= 15 is 0 Å². The van der Waals surface area contributed by atoms with Crippen LogP contribution in [0.15, 0.2) is 39.0 Å². The largest absolute Gasteiger partial charge is 0.416 e. The van der Waals surface area contributed by atoms with E-state index in [4.69, 9.17) is 0 Å². The summed E-state index contributed by atoms with van der Waals surface area (Å²) in [6.07, 6.45) is -2.91. The predicted molar refractivity (Wildman–Crippen MR) is 84.6 cm³/mol. The molecule has 2 aromatic heterocycles. The summed E-state index contributed by atoms with van der Waals surface area (Å²) >= 11 is 0. The van der Waals surface area contributed by atoms with Crippen molar-refractivity contribution in [3.05, 3.63) is 50.7 Å². The fraction of sp³-hybridized carbons (Fsp3) is 0.214. The molecule has 3 aromatic rings. The van der Waals surface area contributed by atoms with Gasteiger partial charge in [0.25, 0.3) is 5.43 Å².